The summed E-state index contributed by atoms with van der Waals surface area (Å²) in [6.45, 7) is 5.35. The summed E-state index contributed by atoms with van der Waals surface area (Å²) in [4.78, 5) is 29.4. The van der Waals surface area contributed by atoms with Gasteiger partial charge >= 0.3 is 18.1 Å². The van der Waals surface area contributed by atoms with Gasteiger partial charge in [-0.3, -0.25) is 4.90 Å². The van der Waals surface area contributed by atoms with Gasteiger partial charge in [-0.05, 0) is 53.3 Å². The van der Waals surface area contributed by atoms with Crippen LogP contribution in [0.5, 0.6) is 11.5 Å². The van der Waals surface area contributed by atoms with Crippen molar-refractivity contribution in [2.24, 2.45) is 11.7 Å². The second-order valence-corrected chi connectivity index (χ2v) is 11.4. The van der Waals surface area contributed by atoms with Gasteiger partial charge in [0.05, 0.1) is 36.8 Å². The summed E-state index contributed by atoms with van der Waals surface area (Å²) in [7, 11) is 4.74. The lowest BCUT2D eigenvalue weighted by Crippen LogP contribution is -2.44. The van der Waals surface area contributed by atoms with Crippen LogP contribution < -0.4 is 15.2 Å². The summed E-state index contributed by atoms with van der Waals surface area (Å²) in [6, 6.07) is 7.06. The first-order chi connectivity index (χ1) is 20.7. The van der Waals surface area contributed by atoms with Crippen LogP contribution in [0.15, 0.2) is 58.9 Å². The molecule has 0 amide bonds. The van der Waals surface area contributed by atoms with Gasteiger partial charge in [-0.15, -0.1) is 0 Å². The first kappa shape index (κ1) is 32.9. The Morgan fingerprint density at radius 1 is 1.00 bits per heavy atom. The summed E-state index contributed by atoms with van der Waals surface area (Å²) < 4.78 is 50.9. The standard InChI is InChI=1S/C32H38F3N3O6/c1-17(2)28(36)29-27(31(41)42)25(18-6-8-21(9-7-18)32(33,34)35)26(30(39)40)22(37(29)3)11-13-38-12-10-19-14-23(43-4)24(44-5)15-20(19)16-38/h6-9,14-15,17,25,28H,10-13,16,36H2,1-5H3,(H,39,40)(H,41,42). The van der Waals surface area contributed by atoms with Crippen molar-refractivity contribution >= 4 is 11.9 Å². The molecule has 0 aromatic heterocycles. The molecular formula is C32H38F3N3O6. The number of fused-ring (bicyclic) bond motifs is 1. The Kier molecular flexibility index (Phi) is 9.65. The van der Waals surface area contributed by atoms with Crippen LogP contribution in [-0.4, -0.2) is 72.4 Å². The highest BCUT2D eigenvalue weighted by molar-refractivity contribution is 5.98. The summed E-state index contributed by atoms with van der Waals surface area (Å²) in [5, 5.41) is 20.9. The molecule has 2 atom stereocenters. The normalized spacial score (nSPS) is 18.4. The number of alkyl halides is 3. The van der Waals surface area contributed by atoms with Crippen molar-refractivity contribution in [3.63, 3.8) is 0 Å². The Morgan fingerprint density at radius 3 is 2.07 bits per heavy atom. The molecule has 2 unspecified atom stereocenters. The number of benzene rings is 2. The molecule has 2 heterocycles. The summed E-state index contributed by atoms with van der Waals surface area (Å²) >= 11 is 0. The number of carboxylic acid groups (broad SMARTS) is 2. The Bertz CT molecular complexity index is 1480. The second kappa shape index (κ2) is 12.9. The van der Waals surface area contributed by atoms with Crippen molar-refractivity contribution in [2.45, 2.75) is 51.4 Å². The van der Waals surface area contributed by atoms with Crippen LogP contribution in [0.1, 0.15) is 48.4 Å². The number of hydrogen-bond donors (Lipinski definition) is 3. The summed E-state index contributed by atoms with van der Waals surface area (Å²) in [5.41, 5.74) is 8.06. The van der Waals surface area contributed by atoms with Gasteiger partial charge in [-0.2, -0.15) is 13.2 Å². The van der Waals surface area contributed by atoms with Crippen molar-refractivity contribution in [1.29, 1.82) is 0 Å². The van der Waals surface area contributed by atoms with Crippen molar-refractivity contribution in [3.8, 4) is 11.5 Å². The number of nitrogens with two attached hydrogens (primary N) is 1. The van der Waals surface area contributed by atoms with Gasteiger partial charge < -0.3 is 30.3 Å². The highest BCUT2D eigenvalue weighted by Gasteiger charge is 2.43. The van der Waals surface area contributed by atoms with Crippen molar-refractivity contribution in [3.05, 3.63) is 81.2 Å². The number of hydrogen-bond acceptors (Lipinski definition) is 7. The number of ether oxygens (including phenoxy) is 2. The van der Waals surface area contributed by atoms with Crippen LogP contribution in [0.2, 0.25) is 0 Å². The molecule has 2 aromatic carbocycles. The van der Waals surface area contributed by atoms with E-state index in [0.717, 1.165) is 41.8 Å². The predicted octanol–water partition coefficient (Wildman–Crippen LogP) is 4.86. The largest absolute Gasteiger partial charge is 0.493 e. The molecule has 0 bridgehead atoms. The zero-order chi connectivity index (χ0) is 32.5. The quantitative estimate of drug-likeness (QED) is 0.343. The molecule has 0 spiro atoms. The fourth-order valence-electron chi connectivity index (χ4n) is 6.06. The third-order valence-electron chi connectivity index (χ3n) is 8.46. The number of carboxylic acids is 2. The number of carbonyl (C=O) groups is 2. The van der Waals surface area contributed by atoms with Crippen molar-refractivity contribution < 1.29 is 42.4 Å². The fourth-order valence-corrected chi connectivity index (χ4v) is 6.06. The van der Waals surface area contributed by atoms with E-state index < -0.39 is 35.6 Å². The first-order valence-corrected chi connectivity index (χ1v) is 14.3. The molecule has 0 aliphatic carbocycles. The molecule has 4 N–H and O–H groups in total. The van der Waals surface area contributed by atoms with E-state index in [1.54, 1.807) is 26.2 Å². The molecule has 0 fully saturated rings. The maximum absolute atomic E-state index is 13.3. The zero-order valence-electron chi connectivity index (χ0n) is 25.4. The van der Waals surface area contributed by atoms with E-state index in [0.29, 0.717) is 36.8 Å². The summed E-state index contributed by atoms with van der Waals surface area (Å²) in [6.07, 6.45) is -3.64. The third-order valence-corrected chi connectivity index (χ3v) is 8.46. The fraction of sp³-hybridized carbons (Fsp3) is 0.438. The van der Waals surface area contributed by atoms with Gasteiger partial charge in [0.1, 0.15) is 0 Å². The Balaban J connectivity index is 1.77. The van der Waals surface area contributed by atoms with Crippen molar-refractivity contribution in [2.75, 3.05) is 34.4 Å². The molecule has 2 aliphatic heterocycles. The van der Waals surface area contributed by atoms with Gasteiger partial charge in [0.2, 0.25) is 0 Å². The molecule has 0 saturated carbocycles. The van der Waals surface area contributed by atoms with Crippen LogP contribution in [-0.2, 0) is 28.7 Å². The molecule has 9 nitrogen and oxygen atoms in total. The monoisotopic (exact) mass is 617 g/mol. The molecule has 12 heteroatoms. The van der Waals surface area contributed by atoms with E-state index in [2.05, 4.69) is 4.90 Å². The van der Waals surface area contributed by atoms with Crippen LogP contribution in [0.3, 0.4) is 0 Å². The predicted molar refractivity (Wildman–Crippen MR) is 157 cm³/mol. The summed E-state index contributed by atoms with van der Waals surface area (Å²) in [5.74, 6) is -3.04. The average Bonchev–Trinajstić information content (AvgIpc) is 2.97. The highest BCUT2D eigenvalue weighted by Crippen LogP contribution is 2.45. The molecule has 2 aromatic rings. The van der Waals surface area contributed by atoms with E-state index in [1.165, 1.54) is 0 Å². The van der Waals surface area contributed by atoms with Crippen LogP contribution in [0.4, 0.5) is 13.2 Å². The lowest BCUT2D eigenvalue weighted by atomic mass is 9.77. The minimum absolute atomic E-state index is 0.125. The van der Waals surface area contributed by atoms with E-state index >= 15 is 0 Å². The maximum atomic E-state index is 13.3. The number of likely N-dealkylation sites (N-methyl/N-ethyl adjacent to an activating group) is 1. The van der Waals surface area contributed by atoms with Crippen LogP contribution >= 0.6 is 0 Å². The number of methoxy groups -OCH3 is 2. The molecular weight excluding hydrogens is 579 g/mol. The van der Waals surface area contributed by atoms with Gasteiger partial charge in [0.25, 0.3) is 0 Å². The van der Waals surface area contributed by atoms with E-state index in [9.17, 15) is 33.0 Å². The van der Waals surface area contributed by atoms with Gasteiger partial charge in [-0.25, -0.2) is 9.59 Å². The maximum Gasteiger partial charge on any atom is 0.416 e. The molecule has 44 heavy (non-hydrogen) atoms. The van der Waals surface area contributed by atoms with Crippen LogP contribution in [0.25, 0.3) is 0 Å². The number of nitrogens with zero attached hydrogens (tertiary/aromatic N) is 2. The number of aliphatic carboxylic acids is 2. The Morgan fingerprint density at radius 2 is 1.57 bits per heavy atom. The highest BCUT2D eigenvalue weighted by atomic mass is 19.4. The van der Waals surface area contributed by atoms with Gasteiger partial charge in [-0.1, -0.05) is 26.0 Å². The molecule has 238 valence electrons. The Hall–Kier alpha value is -4.03. The number of halogens is 3. The minimum Gasteiger partial charge on any atom is -0.493 e. The lowest BCUT2D eigenvalue weighted by Gasteiger charge is -2.41. The SMILES string of the molecule is COc1cc2c(cc1OC)CN(CCC1=C(C(=O)O)C(c3ccc(C(F)(F)F)cc3)C(C(=O)O)=C(C(N)C(C)C)N1C)CC2. The minimum atomic E-state index is -4.61. The zero-order valence-corrected chi connectivity index (χ0v) is 25.4. The molecule has 0 radical (unpaired) electrons. The van der Waals surface area contributed by atoms with E-state index in [4.69, 9.17) is 15.2 Å². The second-order valence-electron chi connectivity index (χ2n) is 11.4. The lowest BCUT2D eigenvalue weighted by molar-refractivity contribution is -0.138. The molecule has 0 saturated heterocycles. The molecule has 2 aliphatic rings. The van der Waals surface area contributed by atoms with E-state index in [1.807, 2.05) is 26.0 Å². The third kappa shape index (κ3) is 6.41. The topological polar surface area (TPSA) is 126 Å². The van der Waals surface area contributed by atoms with Crippen LogP contribution in [0, 0.1) is 5.92 Å². The Labute approximate surface area is 254 Å². The number of rotatable bonds is 10. The van der Waals surface area contributed by atoms with Gasteiger partial charge in [0.15, 0.2) is 11.5 Å². The molecule has 4 rings (SSSR count). The van der Waals surface area contributed by atoms with Gasteiger partial charge in [0, 0.05) is 50.5 Å². The van der Waals surface area contributed by atoms with Crippen molar-refractivity contribution in [1.82, 2.24) is 9.80 Å². The van der Waals surface area contributed by atoms with E-state index in [-0.39, 0.29) is 34.7 Å². The first-order valence-electron chi connectivity index (χ1n) is 14.3. The smallest absolute Gasteiger partial charge is 0.416 e. The average molecular weight is 618 g/mol.